The van der Waals surface area contributed by atoms with Crippen molar-refractivity contribution in [1.82, 2.24) is 20.3 Å². The zero-order valence-corrected chi connectivity index (χ0v) is 24.8. The van der Waals surface area contributed by atoms with Gasteiger partial charge in [0, 0.05) is 25.3 Å². The van der Waals surface area contributed by atoms with E-state index < -0.39 is 36.7 Å². The van der Waals surface area contributed by atoms with Crippen molar-refractivity contribution < 1.29 is 38.4 Å². The number of carboxylic acids is 1. The van der Waals surface area contributed by atoms with Crippen LogP contribution in [0.3, 0.4) is 0 Å². The molecule has 14 nitrogen and oxygen atoms in total. The molecule has 2 heterocycles. The van der Waals surface area contributed by atoms with Gasteiger partial charge in [0.05, 0.1) is 11.5 Å². The molecule has 238 valence electrons. The number of fused-ring (bicyclic) bond motifs is 1. The zero-order chi connectivity index (χ0) is 31.6. The summed E-state index contributed by atoms with van der Waals surface area (Å²) in [6.45, 7) is 0.444. The highest BCUT2D eigenvalue weighted by Gasteiger charge is 2.28. The van der Waals surface area contributed by atoms with E-state index in [1.807, 2.05) is 0 Å². The van der Waals surface area contributed by atoms with Crippen LogP contribution in [0.4, 0.5) is 5.95 Å². The maximum atomic E-state index is 13.0. The molecule has 0 radical (unpaired) electrons. The number of hydrogen-bond acceptors (Lipinski definition) is 10. The number of nitrogens with one attached hydrogen (secondary N) is 3. The zero-order valence-electron chi connectivity index (χ0n) is 24.8. The second kappa shape index (κ2) is 15.5. The molecule has 44 heavy (non-hydrogen) atoms. The van der Waals surface area contributed by atoms with Gasteiger partial charge in [0.25, 0.3) is 17.9 Å². The number of nitrogen functional groups attached to an aromatic ring is 1. The lowest BCUT2D eigenvalue weighted by Gasteiger charge is -2.28. The van der Waals surface area contributed by atoms with Gasteiger partial charge in [-0.25, -0.2) is 4.79 Å². The van der Waals surface area contributed by atoms with Gasteiger partial charge in [0.2, 0.25) is 12.2 Å². The van der Waals surface area contributed by atoms with Gasteiger partial charge >= 0.3 is 11.9 Å². The average Bonchev–Trinajstić information content (AvgIpc) is 3.41. The van der Waals surface area contributed by atoms with Crippen LogP contribution in [0.2, 0.25) is 0 Å². The molecule has 0 bridgehead atoms. The van der Waals surface area contributed by atoms with Gasteiger partial charge in [0.15, 0.2) is 0 Å². The van der Waals surface area contributed by atoms with Crippen LogP contribution in [0.15, 0.2) is 35.3 Å². The molecule has 0 saturated heterocycles. The monoisotopic (exact) mass is 613 g/mol. The maximum absolute atomic E-state index is 13.0. The number of methoxy groups -OCH3 is 1. The smallest absolute Gasteiger partial charge is 0.330 e. The molecule has 3 atom stereocenters. The fraction of sp³-hybridized carbons (Fsp3) is 0.500. The molecule has 0 aliphatic heterocycles. The van der Waals surface area contributed by atoms with Crippen LogP contribution in [0.1, 0.15) is 73.4 Å². The van der Waals surface area contributed by atoms with Crippen molar-refractivity contribution in [3.05, 3.63) is 57.5 Å². The molecule has 1 amide bonds. The number of nitrogens with two attached hydrogens (primary N) is 1. The first kappa shape index (κ1) is 32.6. The van der Waals surface area contributed by atoms with E-state index in [0.29, 0.717) is 23.9 Å². The summed E-state index contributed by atoms with van der Waals surface area (Å²) in [5, 5.41) is 12.2. The molecule has 0 spiro atoms. The predicted molar refractivity (Wildman–Crippen MR) is 158 cm³/mol. The minimum Gasteiger partial charge on any atom is -0.481 e. The Morgan fingerprint density at radius 2 is 1.86 bits per heavy atom. The molecule has 1 fully saturated rings. The van der Waals surface area contributed by atoms with Crippen LogP contribution in [0.25, 0.3) is 11.0 Å². The van der Waals surface area contributed by atoms with Crippen molar-refractivity contribution in [2.75, 3.05) is 12.8 Å². The van der Waals surface area contributed by atoms with Gasteiger partial charge in [-0.3, -0.25) is 24.1 Å². The highest BCUT2D eigenvalue weighted by Crippen LogP contribution is 2.22. The third kappa shape index (κ3) is 9.11. The summed E-state index contributed by atoms with van der Waals surface area (Å²) in [7, 11) is 1.42. The number of carbonyl (C=O) groups excluding carboxylic acids is 2. The third-order valence-corrected chi connectivity index (χ3v) is 7.41. The van der Waals surface area contributed by atoms with Gasteiger partial charge in [-0.1, -0.05) is 31.4 Å². The summed E-state index contributed by atoms with van der Waals surface area (Å²) in [4.78, 5) is 59.0. The Bertz CT molecular complexity index is 1480. The largest absolute Gasteiger partial charge is 0.481 e. The lowest BCUT2D eigenvalue weighted by atomic mass is 9.98. The number of esters is 1. The molecule has 14 heteroatoms. The summed E-state index contributed by atoms with van der Waals surface area (Å²) < 4.78 is 22.0. The number of carbonyl (C=O) groups is 3. The van der Waals surface area contributed by atoms with Crippen molar-refractivity contribution >= 4 is 34.8 Å². The maximum Gasteiger partial charge on any atom is 0.330 e. The minimum atomic E-state index is -1.23. The van der Waals surface area contributed by atoms with Crippen LogP contribution >= 0.6 is 0 Å². The number of H-pyrrole nitrogens is 2. The van der Waals surface area contributed by atoms with Crippen molar-refractivity contribution in [1.29, 1.82) is 0 Å². The van der Waals surface area contributed by atoms with E-state index in [9.17, 15) is 19.2 Å². The number of anilines is 1. The SMILES string of the molecule is COC(OC1CCCCC1)OC(C)OC(=O)[C@H](CCC(=O)O)NC(=O)c1ccc(CCc2c[nH]c3nc(N)[nH]c(=O)c23)cc1. The van der Waals surface area contributed by atoms with Gasteiger partial charge < -0.3 is 35.4 Å². The molecule has 1 saturated carbocycles. The second-order valence-corrected chi connectivity index (χ2v) is 10.7. The number of aryl methyl sites for hydroxylation is 2. The molecule has 1 aromatic carbocycles. The summed E-state index contributed by atoms with van der Waals surface area (Å²) in [6.07, 6.45) is 6.25. The third-order valence-electron chi connectivity index (χ3n) is 7.41. The summed E-state index contributed by atoms with van der Waals surface area (Å²) in [5.41, 5.74) is 7.66. The fourth-order valence-corrected chi connectivity index (χ4v) is 5.11. The Morgan fingerprint density at radius 1 is 1.14 bits per heavy atom. The van der Waals surface area contributed by atoms with E-state index in [4.69, 9.17) is 29.8 Å². The lowest BCUT2D eigenvalue weighted by molar-refractivity contribution is -0.338. The highest BCUT2D eigenvalue weighted by molar-refractivity contribution is 5.97. The first-order chi connectivity index (χ1) is 21.1. The number of benzene rings is 1. The predicted octanol–water partition coefficient (Wildman–Crippen LogP) is 2.77. The number of rotatable bonds is 15. The van der Waals surface area contributed by atoms with E-state index >= 15 is 0 Å². The van der Waals surface area contributed by atoms with E-state index in [0.717, 1.165) is 43.2 Å². The first-order valence-corrected chi connectivity index (χ1v) is 14.6. The standard InChI is InChI=1S/C30H39N5O9/c1-17(43-30(41-2)44-21-6-4-3-5-7-21)42-28(40)22(14-15-23(36)37)33-26(38)19-11-8-18(9-12-19)10-13-20-16-32-25-24(20)27(39)35-29(31)34-25/h8-9,11-12,16-17,21-22,30H,3-7,10,13-15H2,1-2H3,(H,33,38)(H,36,37)(H4,31,32,34,35,39)/t17?,22-,30?/m0/s1. The number of aliphatic carboxylic acids is 1. The quantitative estimate of drug-likeness (QED) is 0.124. The topological polar surface area (TPSA) is 208 Å². The van der Waals surface area contributed by atoms with E-state index in [1.54, 1.807) is 30.5 Å². The van der Waals surface area contributed by atoms with E-state index in [1.165, 1.54) is 14.0 Å². The van der Waals surface area contributed by atoms with Crippen molar-refractivity contribution in [3.63, 3.8) is 0 Å². The Hall–Kier alpha value is -4.27. The number of aromatic amines is 2. The van der Waals surface area contributed by atoms with Gasteiger partial charge in [-0.15, -0.1) is 0 Å². The molecule has 2 aromatic heterocycles. The highest BCUT2D eigenvalue weighted by atomic mass is 16.9. The minimum absolute atomic E-state index is 0.0133. The molecule has 3 aromatic rings. The molecular formula is C30H39N5O9. The molecular weight excluding hydrogens is 574 g/mol. The second-order valence-electron chi connectivity index (χ2n) is 10.7. The molecule has 6 N–H and O–H groups in total. The van der Waals surface area contributed by atoms with Gasteiger partial charge in [-0.2, -0.15) is 4.98 Å². The lowest BCUT2D eigenvalue weighted by Crippen LogP contribution is -2.44. The molecule has 1 aliphatic carbocycles. The number of nitrogens with zero attached hydrogens (tertiary/aromatic N) is 1. The van der Waals surface area contributed by atoms with Crippen molar-refractivity contribution in [2.45, 2.75) is 89.6 Å². The number of ether oxygens (including phenoxy) is 4. The molecule has 2 unspecified atom stereocenters. The van der Waals surface area contributed by atoms with E-state index in [-0.39, 0.29) is 36.0 Å². The van der Waals surface area contributed by atoms with Crippen LogP contribution in [0, 0.1) is 0 Å². The van der Waals surface area contributed by atoms with E-state index in [2.05, 4.69) is 20.3 Å². The Kier molecular flexibility index (Phi) is 11.5. The van der Waals surface area contributed by atoms with Crippen LogP contribution in [0.5, 0.6) is 0 Å². The van der Waals surface area contributed by atoms with Gasteiger partial charge in [-0.05, 0) is 62.3 Å². The number of aromatic nitrogens is 3. The normalized spacial score (nSPS) is 15.9. The first-order valence-electron chi connectivity index (χ1n) is 14.6. The average molecular weight is 614 g/mol. The van der Waals surface area contributed by atoms with Crippen LogP contribution in [-0.2, 0) is 41.4 Å². The van der Waals surface area contributed by atoms with Crippen molar-refractivity contribution in [3.8, 4) is 0 Å². The number of hydrogen-bond donors (Lipinski definition) is 5. The van der Waals surface area contributed by atoms with Crippen LogP contribution in [-0.4, -0.2) is 69.9 Å². The van der Waals surface area contributed by atoms with Crippen molar-refractivity contribution in [2.24, 2.45) is 0 Å². The summed E-state index contributed by atoms with van der Waals surface area (Å²) >= 11 is 0. The Morgan fingerprint density at radius 3 is 2.55 bits per heavy atom. The number of amides is 1. The Labute approximate surface area is 253 Å². The molecule has 1 aliphatic rings. The Balaban J connectivity index is 1.33. The van der Waals surface area contributed by atoms with Gasteiger partial charge in [0.1, 0.15) is 11.7 Å². The summed E-state index contributed by atoms with van der Waals surface area (Å²) in [6, 6.07) is 5.51. The summed E-state index contributed by atoms with van der Waals surface area (Å²) in [5.74, 6) is -2.51. The van der Waals surface area contributed by atoms with Crippen LogP contribution < -0.4 is 16.6 Å². The number of carboxylic acid groups (broad SMARTS) is 1. The fourth-order valence-electron chi connectivity index (χ4n) is 5.11. The molecule has 4 rings (SSSR count).